The summed E-state index contributed by atoms with van der Waals surface area (Å²) in [6.45, 7) is 2.10. The van der Waals surface area contributed by atoms with E-state index in [1.165, 1.54) is 18.5 Å². The van der Waals surface area contributed by atoms with Crippen LogP contribution in [0, 0.1) is 21.7 Å². The Labute approximate surface area is 176 Å². The molecule has 9 nitrogen and oxygen atoms in total. The van der Waals surface area contributed by atoms with E-state index in [0.29, 0.717) is 26.2 Å². The summed E-state index contributed by atoms with van der Waals surface area (Å²) < 4.78 is 27.3. The van der Waals surface area contributed by atoms with Crippen LogP contribution in [0.5, 0.6) is 0 Å². The molecular formula is C20H19F2N7O2. The fourth-order valence-electron chi connectivity index (χ4n) is 3.45. The Bertz CT molecular complexity index is 1080. The highest BCUT2D eigenvalue weighted by molar-refractivity contribution is 5.70. The van der Waals surface area contributed by atoms with Crippen LogP contribution in [0.4, 0.5) is 31.9 Å². The van der Waals surface area contributed by atoms with Crippen molar-refractivity contribution in [3.05, 3.63) is 76.2 Å². The number of nitro groups is 1. The van der Waals surface area contributed by atoms with Gasteiger partial charge in [0.1, 0.15) is 12.1 Å². The van der Waals surface area contributed by atoms with Crippen molar-refractivity contribution in [3.8, 4) is 0 Å². The molecule has 1 aromatic carbocycles. The van der Waals surface area contributed by atoms with Gasteiger partial charge in [-0.3, -0.25) is 10.1 Å². The molecule has 160 valence electrons. The summed E-state index contributed by atoms with van der Waals surface area (Å²) in [5.74, 6) is -1.01. The quantitative estimate of drug-likeness (QED) is 0.473. The number of anilines is 3. The van der Waals surface area contributed by atoms with Crippen molar-refractivity contribution in [1.82, 2.24) is 15.0 Å². The molecule has 3 aromatic rings. The summed E-state index contributed by atoms with van der Waals surface area (Å²) >= 11 is 0. The van der Waals surface area contributed by atoms with Gasteiger partial charge in [-0.05, 0) is 18.2 Å². The maximum absolute atomic E-state index is 13.9. The summed E-state index contributed by atoms with van der Waals surface area (Å²) in [7, 11) is 0. The number of nitrogens with zero attached hydrogens (tertiary/aromatic N) is 6. The molecule has 1 saturated heterocycles. The summed E-state index contributed by atoms with van der Waals surface area (Å²) in [5.41, 5.74) is -0.260. The maximum Gasteiger partial charge on any atom is 0.353 e. The predicted molar refractivity (Wildman–Crippen MR) is 111 cm³/mol. The molecule has 3 heterocycles. The van der Waals surface area contributed by atoms with Gasteiger partial charge in [-0.1, -0.05) is 18.2 Å². The van der Waals surface area contributed by atoms with Crippen LogP contribution in [-0.4, -0.2) is 46.1 Å². The smallest absolute Gasteiger partial charge is 0.353 e. The number of halogens is 2. The van der Waals surface area contributed by atoms with E-state index in [1.54, 1.807) is 6.20 Å². The number of nitrogens with one attached hydrogen (secondary N) is 1. The molecule has 1 fully saturated rings. The lowest BCUT2D eigenvalue weighted by Crippen LogP contribution is -2.47. The lowest BCUT2D eigenvalue weighted by atomic mass is 10.2. The molecule has 1 N–H and O–H groups in total. The Morgan fingerprint density at radius 3 is 2.48 bits per heavy atom. The van der Waals surface area contributed by atoms with Crippen LogP contribution in [0.3, 0.4) is 0 Å². The first-order chi connectivity index (χ1) is 15.0. The third kappa shape index (κ3) is 4.34. The van der Waals surface area contributed by atoms with Crippen molar-refractivity contribution in [2.45, 2.75) is 6.54 Å². The van der Waals surface area contributed by atoms with E-state index in [0.717, 1.165) is 11.9 Å². The van der Waals surface area contributed by atoms with Gasteiger partial charge in [0.15, 0.2) is 11.6 Å². The third-order valence-electron chi connectivity index (χ3n) is 5.02. The lowest BCUT2D eigenvalue weighted by molar-refractivity contribution is -0.383. The lowest BCUT2D eigenvalue weighted by Gasteiger charge is -2.35. The van der Waals surface area contributed by atoms with E-state index in [-0.39, 0.29) is 29.4 Å². The third-order valence-corrected chi connectivity index (χ3v) is 5.02. The topological polar surface area (TPSA) is 100 Å². The van der Waals surface area contributed by atoms with Crippen LogP contribution in [0.25, 0.3) is 0 Å². The SMILES string of the molecule is O=[N+]([O-])c1c(NCc2cccc(F)c2F)ncnc1N1CCN(c2ccccn2)CC1. The molecule has 2 aromatic heterocycles. The summed E-state index contributed by atoms with van der Waals surface area (Å²) in [6.07, 6.45) is 2.94. The highest BCUT2D eigenvalue weighted by Crippen LogP contribution is 2.33. The van der Waals surface area contributed by atoms with Crippen LogP contribution in [0.2, 0.25) is 0 Å². The van der Waals surface area contributed by atoms with Gasteiger partial charge >= 0.3 is 5.69 Å². The Morgan fingerprint density at radius 2 is 1.77 bits per heavy atom. The van der Waals surface area contributed by atoms with Crippen molar-refractivity contribution in [2.24, 2.45) is 0 Å². The van der Waals surface area contributed by atoms with Gasteiger partial charge in [0.05, 0.1) is 4.92 Å². The average Bonchev–Trinajstić information content (AvgIpc) is 2.80. The van der Waals surface area contributed by atoms with E-state index < -0.39 is 16.6 Å². The maximum atomic E-state index is 13.9. The number of hydrogen-bond donors (Lipinski definition) is 1. The van der Waals surface area contributed by atoms with E-state index in [1.807, 2.05) is 23.1 Å². The van der Waals surface area contributed by atoms with Gasteiger partial charge in [-0.25, -0.2) is 23.7 Å². The first-order valence-corrected chi connectivity index (χ1v) is 9.61. The Morgan fingerprint density at radius 1 is 1.00 bits per heavy atom. The van der Waals surface area contributed by atoms with E-state index in [4.69, 9.17) is 0 Å². The van der Waals surface area contributed by atoms with Crippen LogP contribution < -0.4 is 15.1 Å². The Kier molecular flexibility index (Phi) is 5.83. The van der Waals surface area contributed by atoms with Crippen LogP contribution in [0.1, 0.15) is 5.56 Å². The number of hydrogen-bond acceptors (Lipinski definition) is 8. The standard InChI is InChI=1S/C20H19F2N7O2/c21-15-5-3-4-14(17(15)22)12-24-19-18(29(30)31)20(26-13-25-19)28-10-8-27(9-11-28)16-6-1-2-7-23-16/h1-7,13H,8-12H2,(H,24,25,26). The van der Waals surface area contributed by atoms with E-state index >= 15 is 0 Å². The van der Waals surface area contributed by atoms with Gasteiger partial charge in [0.25, 0.3) is 0 Å². The Balaban J connectivity index is 1.52. The summed E-state index contributed by atoms with van der Waals surface area (Å²) in [4.78, 5) is 27.6. The molecule has 0 radical (unpaired) electrons. The predicted octanol–water partition coefficient (Wildman–Crippen LogP) is 3.00. The molecule has 31 heavy (non-hydrogen) atoms. The zero-order valence-electron chi connectivity index (χ0n) is 16.4. The second kappa shape index (κ2) is 8.86. The first kappa shape index (κ1) is 20.4. The van der Waals surface area contributed by atoms with E-state index in [9.17, 15) is 18.9 Å². The molecule has 0 saturated carbocycles. The molecule has 0 aliphatic carbocycles. The second-order valence-corrected chi connectivity index (χ2v) is 6.88. The van der Waals surface area contributed by atoms with Crippen molar-refractivity contribution in [2.75, 3.05) is 41.3 Å². The summed E-state index contributed by atoms with van der Waals surface area (Å²) in [5, 5.41) is 14.6. The monoisotopic (exact) mass is 427 g/mol. The molecule has 0 unspecified atom stereocenters. The number of benzene rings is 1. The minimum atomic E-state index is -1.00. The summed E-state index contributed by atoms with van der Waals surface area (Å²) in [6, 6.07) is 9.44. The number of aromatic nitrogens is 3. The fraction of sp³-hybridized carbons (Fsp3) is 0.250. The molecule has 4 rings (SSSR count). The van der Waals surface area contributed by atoms with Crippen LogP contribution in [-0.2, 0) is 6.54 Å². The molecule has 1 aliphatic rings. The second-order valence-electron chi connectivity index (χ2n) is 6.88. The van der Waals surface area contributed by atoms with E-state index in [2.05, 4.69) is 25.2 Å². The first-order valence-electron chi connectivity index (χ1n) is 9.61. The number of pyridine rings is 1. The zero-order chi connectivity index (χ0) is 21.8. The molecular weight excluding hydrogens is 408 g/mol. The largest absolute Gasteiger partial charge is 0.360 e. The molecule has 1 aliphatic heterocycles. The Hall–Kier alpha value is -3.89. The van der Waals surface area contributed by atoms with Crippen molar-refractivity contribution >= 4 is 23.1 Å². The minimum absolute atomic E-state index is 0.0402. The van der Waals surface area contributed by atoms with Gasteiger partial charge in [0.2, 0.25) is 11.6 Å². The van der Waals surface area contributed by atoms with Gasteiger partial charge in [-0.2, -0.15) is 0 Å². The highest BCUT2D eigenvalue weighted by atomic mass is 19.2. The van der Waals surface area contributed by atoms with Crippen molar-refractivity contribution in [3.63, 3.8) is 0 Å². The van der Waals surface area contributed by atoms with Crippen LogP contribution in [0.15, 0.2) is 48.9 Å². The normalized spacial score (nSPS) is 13.9. The van der Waals surface area contributed by atoms with Gasteiger partial charge < -0.3 is 15.1 Å². The molecule has 0 bridgehead atoms. The molecule has 0 amide bonds. The van der Waals surface area contributed by atoms with Crippen molar-refractivity contribution < 1.29 is 13.7 Å². The molecule has 0 atom stereocenters. The van der Waals surface area contributed by atoms with Crippen LogP contribution >= 0.6 is 0 Å². The highest BCUT2D eigenvalue weighted by Gasteiger charge is 2.29. The molecule has 0 spiro atoms. The fourth-order valence-corrected chi connectivity index (χ4v) is 3.45. The average molecular weight is 427 g/mol. The number of rotatable bonds is 6. The van der Waals surface area contributed by atoms with Gasteiger partial charge in [0, 0.05) is 44.5 Å². The van der Waals surface area contributed by atoms with Crippen molar-refractivity contribution in [1.29, 1.82) is 0 Å². The molecule has 11 heteroatoms. The van der Waals surface area contributed by atoms with Gasteiger partial charge in [-0.15, -0.1) is 0 Å². The number of piperazine rings is 1. The zero-order valence-corrected chi connectivity index (χ0v) is 16.4. The minimum Gasteiger partial charge on any atom is -0.360 e.